The molecule has 2 fully saturated rings. The molecule has 2 aliphatic rings. The van der Waals surface area contributed by atoms with E-state index < -0.39 is 0 Å². The van der Waals surface area contributed by atoms with Gasteiger partial charge in [-0.25, -0.2) is 4.99 Å². The van der Waals surface area contributed by atoms with Crippen LogP contribution in [-0.4, -0.2) is 57.9 Å². The topological polar surface area (TPSA) is 75.2 Å². The number of nitrogens with zero attached hydrogens (tertiary/aromatic N) is 2. The Hall–Kier alpha value is -2.12. The smallest absolute Gasteiger partial charge is 0.227 e. The fourth-order valence-electron chi connectivity index (χ4n) is 3.56. The van der Waals surface area contributed by atoms with Crippen molar-refractivity contribution in [1.82, 2.24) is 10.6 Å². The van der Waals surface area contributed by atoms with Gasteiger partial charge in [0.1, 0.15) is 0 Å². The van der Waals surface area contributed by atoms with Crippen LogP contribution < -0.4 is 15.5 Å². The van der Waals surface area contributed by atoms with E-state index in [0.717, 1.165) is 82.5 Å². The van der Waals surface area contributed by atoms with Crippen LogP contribution in [0.5, 0.6) is 0 Å². The number of anilines is 1. The number of carbonyl (C=O) groups excluding carboxylic acids is 1. The zero-order valence-electron chi connectivity index (χ0n) is 17.5. The number of hydrogen-bond donors (Lipinski definition) is 2. The molecule has 1 aromatic carbocycles. The molecule has 2 heterocycles. The molecule has 0 saturated carbocycles. The first-order valence-corrected chi connectivity index (χ1v) is 10.8. The van der Waals surface area contributed by atoms with Crippen LogP contribution in [0.1, 0.15) is 38.2 Å². The highest BCUT2D eigenvalue weighted by Crippen LogP contribution is 2.21. The molecule has 7 heteroatoms. The molecule has 0 aromatic heterocycles. The molecule has 160 valence electrons. The van der Waals surface area contributed by atoms with Gasteiger partial charge in [-0.3, -0.25) is 4.79 Å². The number of aliphatic imine (C=N–C) groups is 1. The molecule has 7 nitrogen and oxygen atoms in total. The maximum absolute atomic E-state index is 11.9. The van der Waals surface area contributed by atoms with Crippen LogP contribution in [0.3, 0.4) is 0 Å². The van der Waals surface area contributed by atoms with Crippen LogP contribution in [0.4, 0.5) is 5.69 Å². The summed E-state index contributed by atoms with van der Waals surface area (Å²) in [6, 6.07) is 8.13. The van der Waals surface area contributed by atoms with Gasteiger partial charge in [0, 0.05) is 50.9 Å². The first kappa shape index (κ1) is 21.6. The molecule has 0 bridgehead atoms. The molecule has 0 spiro atoms. The van der Waals surface area contributed by atoms with E-state index >= 15 is 0 Å². The molecule has 3 rings (SSSR count). The van der Waals surface area contributed by atoms with Crippen LogP contribution in [0.15, 0.2) is 29.3 Å². The van der Waals surface area contributed by atoms with Crippen LogP contribution in [-0.2, 0) is 20.8 Å². The van der Waals surface area contributed by atoms with Gasteiger partial charge in [-0.15, -0.1) is 0 Å². The van der Waals surface area contributed by atoms with E-state index in [1.807, 2.05) is 17.0 Å². The summed E-state index contributed by atoms with van der Waals surface area (Å²) in [7, 11) is 0. The van der Waals surface area contributed by atoms with E-state index in [-0.39, 0.29) is 5.91 Å². The Balaban J connectivity index is 1.38. The van der Waals surface area contributed by atoms with E-state index in [1.54, 1.807) is 0 Å². The number of guanidine groups is 1. The van der Waals surface area contributed by atoms with Crippen molar-refractivity contribution in [2.24, 2.45) is 10.9 Å². The minimum absolute atomic E-state index is 0.218. The predicted molar refractivity (Wildman–Crippen MR) is 115 cm³/mol. The number of amides is 1. The zero-order valence-corrected chi connectivity index (χ0v) is 17.5. The molecular formula is C22H34N4O3. The van der Waals surface area contributed by atoms with Gasteiger partial charge in [0.2, 0.25) is 5.91 Å². The average Bonchev–Trinajstić information content (AvgIpc) is 3.41. The SMILES string of the molecule is CCNC(=NCc1ccc(N2CCCC2=O)cc1)NCCCOCC1CCOC1. The van der Waals surface area contributed by atoms with Gasteiger partial charge in [0.15, 0.2) is 5.96 Å². The highest BCUT2D eigenvalue weighted by molar-refractivity contribution is 5.95. The van der Waals surface area contributed by atoms with Gasteiger partial charge in [0.05, 0.1) is 19.8 Å². The number of nitrogens with one attached hydrogen (secondary N) is 2. The van der Waals surface area contributed by atoms with Gasteiger partial charge in [0.25, 0.3) is 0 Å². The first-order chi connectivity index (χ1) is 14.3. The Kier molecular flexibility index (Phi) is 8.77. The summed E-state index contributed by atoms with van der Waals surface area (Å²) in [5, 5.41) is 6.64. The van der Waals surface area contributed by atoms with Crippen molar-refractivity contribution in [2.45, 2.75) is 39.2 Å². The fourth-order valence-corrected chi connectivity index (χ4v) is 3.56. The quantitative estimate of drug-likeness (QED) is 0.357. The molecule has 0 aliphatic carbocycles. The third-order valence-electron chi connectivity index (χ3n) is 5.22. The molecule has 1 unspecified atom stereocenters. The standard InChI is InChI=1S/C22H34N4O3/c1-2-23-22(24-11-4-13-28-16-19-10-14-29-17-19)25-15-18-6-8-20(9-7-18)26-12-3-5-21(26)27/h6-9,19H,2-5,10-17H2,1H3,(H2,23,24,25). The number of hydrogen-bond acceptors (Lipinski definition) is 4. The van der Waals surface area contributed by atoms with Crippen molar-refractivity contribution >= 4 is 17.6 Å². The summed E-state index contributed by atoms with van der Waals surface area (Å²) >= 11 is 0. The largest absolute Gasteiger partial charge is 0.381 e. The predicted octanol–water partition coefficient (Wildman–Crippen LogP) is 2.31. The number of rotatable bonds is 10. The lowest BCUT2D eigenvalue weighted by Crippen LogP contribution is -2.38. The van der Waals surface area contributed by atoms with Crippen molar-refractivity contribution in [3.8, 4) is 0 Å². The Bertz CT molecular complexity index is 657. The van der Waals surface area contributed by atoms with E-state index in [0.29, 0.717) is 18.9 Å². The lowest BCUT2D eigenvalue weighted by molar-refractivity contribution is -0.117. The van der Waals surface area contributed by atoms with Crippen LogP contribution in [0.2, 0.25) is 0 Å². The van der Waals surface area contributed by atoms with E-state index in [2.05, 4.69) is 34.7 Å². The summed E-state index contributed by atoms with van der Waals surface area (Å²) in [6.45, 7) is 8.38. The lowest BCUT2D eigenvalue weighted by atomic mass is 10.1. The zero-order chi connectivity index (χ0) is 20.3. The molecule has 2 saturated heterocycles. The minimum atomic E-state index is 0.218. The summed E-state index contributed by atoms with van der Waals surface area (Å²) in [4.78, 5) is 18.4. The molecule has 1 amide bonds. The summed E-state index contributed by atoms with van der Waals surface area (Å²) in [5.74, 6) is 1.60. The monoisotopic (exact) mass is 402 g/mol. The van der Waals surface area contributed by atoms with Crippen LogP contribution in [0, 0.1) is 5.92 Å². The maximum Gasteiger partial charge on any atom is 0.227 e. The van der Waals surface area contributed by atoms with Crippen LogP contribution >= 0.6 is 0 Å². The molecule has 2 N–H and O–H groups in total. The first-order valence-electron chi connectivity index (χ1n) is 10.8. The Labute approximate surface area is 173 Å². The third-order valence-corrected chi connectivity index (χ3v) is 5.22. The highest BCUT2D eigenvalue weighted by atomic mass is 16.5. The normalized spacial score (nSPS) is 19.8. The number of carbonyl (C=O) groups is 1. The second-order valence-electron chi connectivity index (χ2n) is 7.60. The van der Waals surface area contributed by atoms with Crippen LogP contribution in [0.25, 0.3) is 0 Å². The number of ether oxygens (including phenoxy) is 2. The second kappa shape index (κ2) is 11.8. The van der Waals surface area contributed by atoms with Gasteiger partial charge in [-0.1, -0.05) is 12.1 Å². The average molecular weight is 403 g/mol. The maximum atomic E-state index is 11.9. The van der Waals surface area contributed by atoms with Crippen molar-refractivity contribution in [3.05, 3.63) is 29.8 Å². The summed E-state index contributed by atoms with van der Waals surface area (Å²) in [5.41, 5.74) is 2.11. The van der Waals surface area contributed by atoms with Crippen molar-refractivity contribution < 1.29 is 14.3 Å². The molecule has 2 aliphatic heterocycles. The second-order valence-corrected chi connectivity index (χ2v) is 7.60. The van der Waals surface area contributed by atoms with E-state index in [1.165, 1.54) is 0 Å². The van der Waals surface area contributed by atoms with Gasteiger partial charge < -0.3 is 25.0 Å². The van der Waals surface area contributed by atoms with E-state index in [4.69, 9.17) is 9.47 Å². The van der Waals surface area contributed by atoms with Gasteiger partial charge in [-0.05, 0) is 43.9 Å². The summed E-state index contributed by atoms with van der Waals surface area (Å²) in [6.07, 6.45) is 3.66. The highest BCUT2D eigenvalue weighted by Gasteiger charge is 2.21. The van der Waals surface area contributed by atoms with Crippen molar-refractivity contribution in [3.63, 3.8) is 0 Å². The molecular weight excluding hydrogens is 368 g/mol. The fraction of sp³-hybridized carbons (Fsp3) is 0.636. The lowest BCUT2D eigenvalue weighted by Gasteiger charge is -2.16. The molecule has 1 aromatic rings. The van der Waals surface area contributed by atoms with Crippen molar-refractivity contribution in [2.75, 3.05) is 51.0 Å². The Morgan fingerprint density at radius 2 is 2.17 bits per heavy atom. The number of benzene rings is 1. The molecule has 1 atom stereocenters. The Morgan fingerprint density at radius 1 is 1.31 bits per heavy atom. The third kappa shape index (κ3) is 7.01. The Morgan fingerprint density at radius 3 is 2.86 bits per heavy atom. The molecule has 29 heavy (non-hydrogen) atoms. The van der Waals surface area contributed by atoms with Crippen molar-refractivity contribution in [1.29, 1.82) is 0 Å². The minimum Gasteiger partial charge on any atom is -0.381 e. The van der Waals surface area contributed by atoms with Gasteiger partial charge >= 0.3 is 0 Å². The van der Waals surface area contributed by atoms with Gasteiger partial charge in [-0.2, -0.15) is 0 Å². The summed E-state index contributed by atoms with van der Waals surface area (Å²) < 4.78 is 11.1. The molecule has 0 radical (unpaired) electrons. The van der Waals surface area contributed by atoms with E-state index in [9.17, 15) is 4.79 Å².